The van der Waals surface area contributed by atoms with E-state index in [0.29, 0.717) is 0 Å². The third kappa shape index (κ3) is 1.24. The SMILES string of the molecule is SC1N=Cc2ccccc2N1. The van der Waals surface area contributed by atoms with E-state index in [1.165, 1.54) is 0 Å². The van der Waals surface area contributed by atoms with Gasteiger partial charge in [0, 0.05) is 17.5 Å². The van der Waals surface area contributed by atoms with Crippen molar-refractivity contribution < 1.29 is 0 Å². The zero-order valence-corrected chi connectivity index (χ0v) is 6.75. The minimum atomic E-state index is -0.0927. The second kappa shape index (κ2) is 2.58. The molecule has 2 rings (SSSR count). The maximum Gasteiger partial charge on any atom is 0.163 e. The molecule has 1 unspecified atom stereocenters. The van der Waals surface area contributed by atoms with E-state index < -0.39 is 0 Å². The fourth-order valence-corrected chi connectivity index (χ4v) is 1.27. The van der Waals surface area contributed by atoms with Gasteiger partial charge in [-0.25, -0.2) is 0 Å². The van der Waals surface area contributed by atoms with Crippen molar-refractivity contribution in [2.75, 3.05) is 5.32 Å². The Kier molecular flexibility index (Phi) is 1.58. The molecule has 0 bridgehead atoms. The van der Waals surface area contributed by atoms with Crippen molar-refractivity contribution in [2.45, 2.75) is 5.50 Å². The van der Waals surface area contributed by atoms with Crippen LogP contribution in [0.4, 0.5) is 5.69 Å². The summed E-state index contributed by atoms with van der Waals surface area (Å²) in [5.41, 5.74) is 2.13. The number of thiol groups is 1. The molecular weight excluding hydrogens is 156 g/mol. The molecule has 1 aliphatic rings. The molecule has 1 atom stereocenters. The van der Waals surface area contributed by atoms with Crippen LogP contribution in [-0.4, -0.2) is 11.7 Å². The van der Waals surface area contributed by atoms with Gasteiger partial charge < -0.3 is 5.32 Å². The number of hydrogen-bond donors (Lipinski definition) is 2. The predicted molar refractivity (Wildman–Crippen MR) is 50.4 cm³/mol. The van der Waals surface area contributed by atoms with E-state index in [1.807, 2.05) is 30.5 Å². The molecule has 0 radical (unpaired) electrons. The maximum absolute atomic E-state index is 4.18. The number of nitrogens with one attached hydrogen (secondary N) is 1. The largest absolute Gasteiger partial charge is 0.355 e. The van der Waals surface area contributed by atoms with Crippen LogP contribution < -0.4 is 5.32 Å². The summed E-state index contributed by atoms with van der Waals surface area (Å²) in [7, 11) is 0. The zero-order valence-electron chi connectivity index (χ0n) is 5.86. The fourth-order valence-electron chi connectivity index (χ4n) is 1.07. The average Bonchev–Trinajstić information content (AvgIpc) is 2.04. The number of anilines is 1. The molecule has 56 valence electrons. The number of fused-ring (bicyclic) bond motifs is 1. The van der Waals surface area contributed by atoms with Gasteiger partial charge in [-0.15, -0.1) is 12.6 Å². The fraction of sp³-hybridized carbons (Fsp3) is 0.125. The van der Waals surface area contributed by atoms with E-state index in [9.17, 15) is 0 Å². The first-order chi connectivity index (χ1) is 5.36. The zero-order chi connectivity index (χ0) is 7.68. The molecular formula is C8H8N2S. The van der Waals surface area contributed by atoms with Gasteiger partial charge in [-0.3, -0.25) is 4.99 Å². The highest BCUT2D eigenvalue weighted by molar-refractivity contribution is 7.81. The minimum absolute atomic E-state index is 0.0927. The number of hydrogen-bond acceptors (Lipinski definition) is 3. The summed E-state index contributed by atoms with van der Waals surface area (Å²) in [4.78, 5) is 4.10. The lowest BCUT2D eigenvalue weighted by molar-refractivity contribution is 1.06. The molecule has 0 saturated carbocycles. The van der Waals surface area contributed by atoms with Crippen molar-refractivity contribution in [3.8, 4) is 0 Å². The molecule has 1 aromatic rings. The molecule has 11 heavy (non-hydrogen) atoms. The molecule has 0 saturated heterocycles. The lowest BCUT2D eigenvalue weighted by Gasteiger charge is -2.16. The Labute approximate surface area is 70.8 Å². The first-order valence-corrected chi connectivity index (χ1v) is 3.95. The van der Waals surface area contributed by atoms with E-state index in [0.717, 1.165) is 11.3 Å². The molecule has 0 aliphatic carbocycles. The van der Waals surface area contributed by atoms with Gasteiger partial charge in [-0.1, -0.05) is 18.2 Å². The van der Waals surface area contributed by atoms with Crippen LogP contribution in [0.5, 0.6) is 0 Å². The number of para-hydroxylation sites is 1. The summed E-state index contributed by atoms with van der Waals surface area (Å²) in [5.74, 6) is 0. The Morgan fingerprint density at radius 1 is 1.36 bits per heavy atom. The summed E-state index contributed by atoms with van der Waals surface area (Å²) in [6, 6.07) is 8.02. The van der Waals surface area contributed by atoms with Gasteiger partial charge in [-0.05, 0) is 6.07 Å². The van der Waals surface area contributed by atoms with Gasteiger partial charge in [0.25, 0.3) is 0 Å². The highest BCUT2D eigenvalue weighted by Gasteiger charge is 2.07. The Balaban J connectivity index is 2.46. The van der Waals surface area contributed by atoms with Crippen LogP contribution in [0.2, 0.25) is 0 Å². The highest BCUT2D eigenvalue weighted by Crippen LogP contribution is 2.18. The van der Waals surface area contributed by atoms with E-state index in [1.54, 1.807) is 0 Å². The Morgan fingerprint density at radius 3 is 3.09 bits per heavy atom. The van der Waals surface area contributed by atoms with Crippen LogP contribution in [0.25, 0.3) is 0 Å². The summed E-state index contributed by atoms with van der Waals surface area (Å²) in [6.45, 7) is 0. The molecule has 1 aliphatic heterocycles. The lowest BCUT2D eigenvalue weighted by atomic mass is 10.2. The van der Waals surface area contributed by atoms with Gasteiger partial charge >= 0.3 is 0 Å². The normalized spacial score (nSPS) is 20.6. The summed E-state index contributed by atoms with van der Waals surface area (Å²) >= 11 is 4.18. The summed E-state index contributed by atoms with van der Waals surface area (Å²) in [6.07, 6.45) is 1.84. The van der Waals surface area contributed by atoms with Crippen LogP contribution in [-0.2, 0) is 0 Å². The molecule has 1 N–H and O–H groups in total. The predicted octanol–water partition coefficient (Wildman–Crippen LogP) is 1.74. The van der Waals surface area contributed by atoms with Crippen molar-refractivity contribution in [1.29, 1.82) is 0 Å². The Bertz CT molecular complexity index is 296. The molecule has 1 heterocycles. The van der Waals surface area contributed by atoms with E-state index in [4.69, 9.17) is 0 Å². The quantitative estimate of drug-likeness (QED) is 0.561. The van der Waals surface area contributed by atoms with Gasteiger partial charge in [-0.2, -0.15) is 0 Å². The molecule has 2 nitrogen and oxygen atoms in total. The molecule has 0 spiro atoms. The molecule has 3 heteroatoms. The molecule has 0 aromatic heterocycles. The van der Waals surface area contributed by atoms with Crippen molar-refractivity contribution in [3.63, 3.8) is 0 Å². The van der Waals surface area contributed by atoms with Crippen LogP contribution in [0.15, 0.2) is 29.3 Å². The van der Waals surface area contributed by atoms with E-state index in [2.05, 4.69) is 22.9 Å². The lowest BCUT2D eigenvalue weighted by Crippen LogP contribution is -2.15. The van der Waals surface area contributed by atoms with Gasteiger partial charge in [0.1, 0.15) is 0 Å². The van der Waals surface area contributed by atoms with Crippen LogP contribution in [0.1, 0.15) is 5.56 Å². The number of aliphatic imine (C=N–C) groups is 1. The average molecular weight is 164 g/mol. The Morgan fingerprint density at radius 2 is 2.18 bits per heavy atom. The minimum Gasteiger partial charge on any atom is -0.355 e. The summed E-state index contributed by atoms with van der Waals surface area (Å²) < 4.78 is 0. The van der Waals surface area contributed by atoms with Crippen molar-refractivity contribution >= 4 is 24.5 Å². The van der Waals surface area contributed by atoms with E-state index in [-0.39, 0.29) is 5.50 Å². The number of nitrogens with zero attached hydrogens (tertiary/aromatic N) is 1. The Hall–Kier alpha value is -0.960. The topological polar surface area (TPSA) is 24.4 Å². The van der Waals surface area contributed by atoms with Gasteiger partial charge in [0.15, 0.2) is 5.50 Å². The smallest absolute Gasteiger partial charge is 0.163 e. The summed E-state index contributed by atoms with van der Waals surface area (Å²) in [5, 5.41) is 3.13. The first kappa shape index (κ1) is 6.73. The van der Waals surface area contributed by atoms with Crippen molar-refractivity contribution in [1.82, 2.24) is 0 Å². The van der Waals surface area contributed by atoms with Crippen LogP contribution >= 0.6 is 12.6 Å². The van der Waals surface area contributed by atoms with Crippen LogP contribution in [0.3, 0.4) is 0 Å². The van der Waals surface area contributed by atoms with Gasteiger partial charge in [0.2, 0.25) is 0 Å². The standard InChI is InChI=1S/C8H8N2S/c11-8-9-5-6-3-1-2-4-7(6)10-8/h1-5,8,10-11H. The second-order valence-electron chi connectivity index (χ2n) is 2.38. The monoisotopic (exact) mass is 164 g/mol. The second-order valence-corrected chi connectivity index (χ2v) is 2.87. The number of benzene rings is 1. The number of rotatable bonds is 0. The highest BCUT2D eigenvalue weighted by atomic mass is 32.1. The molecule has 0 amide bonds. The van der Waals surface area contributed by atoms with E-state index >= 15 is 0 Å². The molecule has 1 aromatic carbocycles. The molecule has 0 fully saturated rings. The van der Waals surface area contributed by atoms with Crippen molar-refractivity contribution in [3.05, 3.63) is 29.8 Å². The maximum atomic E-state index is 4.18. The van der Waals surface area contributed by atoms with Crippen LogP contribution in [0, 0.1) is 0 Å². The van der Waals surface area contributed by atoms with Crippen molar-refractivity contribution in [2.24, 2.45) is 4.99 Å². The third-order valence-corrected chi connectivity index (χ3v) is 1.86. The third-order valence-electron chi connectivity index (χ3n) is 1.60. The first-order valence-electron chi connectivity index (χ1n) is 3.43. The van der Waals surface area contributed by atoms with Gasteiger partial charge in [0.05, 0.1) is 0 Å².